The minimum atomic E-state index is -1.20. The fraction of sp³-hybridized carbons (Fsp3) is 0.176. The van der Waals surface area contributed by atoms with Crippen LogP contribution in [0, 0.1) is 17.1 Å². The lowest BCUT2D eigenvalue weighted by Crippen LogP contribution is -2.35. The van der Waals surface area contributed by atoms with Crippen molar-refractivity contribution in [3.05, 3.63) is 53.6 Å². The Kier molecular flexibility index (Phi) is 3.96. The van der Waals surface area contributed by atoms with Gasteiger partial charge < -0.3 is 10.1 Å². The molecule has 1 aliphatic heterocycles. The summed E-state index contributed by atoms with van der Waals surface area (Å²) in [7, 11) is 0. The molecular weight excluding hydrogens is 313 g/mol. The summed E-state index contributed by atoms with van der Waals surface area (Å²) in [6, 6.07) is 9.02. The Hall–Kier alpha value is -3.27. The van der Waals surface area contributed by atoms with Gasteiger partial charge in [-0.25, -0.2) is 4.39 Å². The molecule has 24 heavy (non-hydrogen) atoms. The summed E-state index contributed by atoms with van der Waals surface area (Å²) >= 11 is 0. The number of fused-ring (bicyclic) bond motifs is 1. The largest absolute Gasteiger partial charge is 0.478 e. The Morgan fingerprint density at radius 2 is 2.21 bits per heavy atom. The molecule has 3 rings (SSSR count). The van der Waals surface area contributed by atoms with Crippen molar-refractivity contribution in [2.24, 2.45) is 0 Å². The lowest BCUT2D eigenvalue weighted by Gasteiger charge is -2.25. The Morgan fingerprint density at radius 3 is 2.88 bits per heavy atom. The average Bonchev–Trinajstić information content (AvgIpc) is 2.57. The van der Waals surface area contributed by atoms with Crippen LogP contribution < -0.4 is 10.1 Å². The summed E-state index contributed by atoms with van der Waals surface area (Å²) in [5.74, 6) is -2.38. The summed E-state index contributed by atoms with van der Waals surface area (Å²) in [6.07, 6.45) is 0.197. The lowest BCUT2D eigenvalue weighted by molar-refractivity contribution is -0.122. The maximum absolute atomic E-state index is 13.0. The number of carbonyl (C=O) groups excluding carboxylic acids is 2. The Balaban J connectivity index is 2.01. The van der Waals surface area contributed by atoms with E-state index in [0.29, 0.717) is 5.69 Å². The maximum Gasteiger partial charge on any atom is 0.265 e. The van der Waals surface area contributed by atoms with Gasteiger partial charge in [0, 0.05) is 0 Å². The first-order chi connectivity index (χ1) is 11.5. The summed E-state index contributed by atoms with van der Waals surface area (Å²) in [5.41, 5.74) is 0.680. The molecule has 120 valence electrons. The van der Waals surface area contributed by atoms with Crippen LogP contribution in [-0.2, 0) is 4.79 Å². The number of anilines is 1. The zero-order valence-electron chi connectivity index (χ0n) is 12.6. The number of ether oxygens (including phenoxy) is 1. The zero-order valence-corrected chi connectivity index (χ0v) is 12.6. The molecule has 7 heteroatoms. The van der Waals surface area contributed by atoms with Gasteiger partial charge in [-0.2, -0.15) is 5.26 Å². The number of ketones is 1. The molecule has 1 N–H and O–H groups in total. The molecule has 2 atom stereocenters. The Bertz CT molecular complexity index is 858. The number of nitrogens with one attached hydrogen (secondary N) is 1. The molecular formula is C17H12FN3O3. The molecule has 0 spiro atoms. The number of amides is 1. The summed E-state index contributed by atoms with van der Waals surface area (Å²) in [5, 5.41) is 12.0. The minimum Gasteiger partial charge on any atom is -0.478 e. The van der Waals surface area contributed by atoms with E-state index in [0.717, 1.165) is 12.3 Å². The van der Waals surface area contributed by atoms with Gasteiger partial charge in [0.05, 0.1) is 29.2 Å². The zero-order chi connectivity index (χ0) is 17.3. The second-order valence-electron chi connectivity index (χ2n) is 5.26. The van der Waals surface area contributed by atoms with E-state index in [9.17, 15) is 19.2 Å². The van der Waals surface area contributed by atoms with Gasteiger partial charge in [-0.1, -0.05) is 6.07 Å². The summed E-state index contributed by atoms with van der Waals surface area (Å²) in [4.78, 5) is 28.2. The van der Waals surface area contributed by atoms with Crippen LogP contribution in [0.15, 0.2) is 36.5 Å². The normalized spacial score (nSPS) is 17.0. The van der Waals surface area contributed by atoms with Crippen LogP contribution in [-0.4, -0.2) is 22.8 Å². The fourth-order valence-corrected chi connectivity index (χ4v) is 2.39. The molecule has 2 aromatic rings. The van der Waals surface area contributed by atoms with Crippen LogP contribution in [0.2, 0.25) is 0 Å². The molecule has 2 heterocycles. The topological polar surface area (TPSA) is 92.1 Å². The van der Waals surface area contributed by atoms with E-state index in [4.69, 9.17) is 4.74 Å². The highest BCUT2D eigenvalue weighted by Gasteiger charge is 2.31. The molecule has 0 bridgehead atoms. The van der Waals surface area contributed by atoms with E-state index in [2.05, 4.69) is 10.3 Å². The number of nitriles is 1. The molecule has 6 nitrogen and oxygen atoms in total. The third kappa shape index (κ3) is 2.70. The molecule has 0 radical (unpaired) electrons. The number of hydrogen-bond donors (Lipinski definition) is 1. The SMILES string of the molecule is C[C@H]1Oc2c(cccc2C(=O)[C@H](C#N)c2ccc(F)cn2)NC1=O. The average molecular weight is 325 g/mol. The van der Waals surface area contributed by atoms with Crippen LogP contribution in [0.1, 0.15) is 28.9 Å². The van der Waals surface area contributed by atoms with Gasteiger partial charge in [0.25, 0.3) is 5.91 Å². The van der Waals surface area contributed by atoms with Gasteiger partial charge in [-0.05, 0) is 31.2 Å². The van der Waals surface area contributed by atoms with E-state index in [1.54, 1.807) is 19.1 Å². The highest BCUT2D eigenvalue weighted by Crippen LogP contribution is 2.35. The quantitative estimate of drug-likeness (QED) is 0.875. The highest BCUT2D eigenvalue weighted by atomic mass is 19.1. The predicted octanol–water partition coefficient (Wildman–Crippen LogP) is 2.43. The van der Waals surface area contributed by atoms with Gasteiger partial charge in [-0.15, -0.1) is 0 Å². The smallest absolute Gasteiger partial charge is 0.265 e. The van der Waals surface area contributed by atoms with Crippen molar-refractivity contribution in [1.29, 1.82) is 5.26 Å². The molecule has 1 aromatic carbocycles. The van der Waals surface area contributed by atoms with Crippen LogP contribution >= 0.6 is 0 Å². The number of hydrogen-bond acceptors (Lipinski definition) is 5. The van der Waals surface area contributed by atoms with E-state index < -0.39 is 23.6 Å². The molecule has 1 aliphatic rings. The number of pyridine rings is 1. The van der Waals surface area contributed by atoms with Crippen LogP contribution in [0.3, 0.4) is 0 Å². The number of rotatable bonds is 3. The first-order valence-electron chi connectivity index (χ1n) is 7.17. The van der Waals surface area contributed by atoms with Crippen molar-refractivity contribution < 1.29 is 18.7 Å². The van der Waals surface area contributed by atoms with Gasteiger partial charge in [-0.3, -0.25) is 14.6 Å². The van der Waals surface area contributed by atoms with Gasteiger partial charge in [0.15, 0.2) is 23.6 Å². The minimum absolute atomic E-state index is 0.148. The Labute approximate surface area is 136 Å². The van der Waals surface area contributed by atoms with Crippen molar-refractivity contribution >= 4 is 17.4 Å². The van der Waals surface area contributed by atoms with Crippen molar-refractivity contribution in [2.45, 2.75) is 18.9 Å². The third-order valence-electron chi connectivity index (χ3n) is 3.64. The van der Waals surface area contributed by atoms with E-state index in [-0.39, 0.29) is 22.9 Å². The summed E-state index contributed by atoms with van der Waals surface area (Å²) < 4.78 is 18.5. The van der Waals surface area contributed by atoms with Crippen LogP contribution in [0.25, 0.3) is 0 Å². The van der Waals surface area contributed by atoms with Gasteiger partial charge >= 0.3 is 0 Å². The number of benzene rings is 1. The molecule has 0 aliphatic carbocycles. The molecule has 0 unspecified atom stereocenters. The van der Waals surface area contributed by atoms with Crippen molar-refractivity contribution in [1.82, 2.24) is 4.98 Å². The van der Waals surface area contributed by atoms with E-state index in [1.165, 1.54) is 12.1 Å². The first-order valence-corrected chi connectivity index (χ1v) is 7.17. The molecule has 0 saturated heterocycles. The molecule has 1 amide bonds. The molecule has 0 fully saturated rings. The third-order valence-corrected chi connectivity index (χ3v) is 3.64. The van der Waals surface area contributed by atoms with Crippen molar-refractivity contribution in [3.8, 4) is 11.8 Å². The number of carbonyl (C=O) groups is 2. The molecule has 0 saturated carbocycles. The standard InChI is InChI=1S/C17H12FN3O3/c1-9-17(23)21-14-4-2-3-11(16(14)24-9)15(22)12(7-19)13-6-5-10(18)8-20-13/h2-6,8-9,12H,1H3,(H,21,23)/t9-,12-/m1/s1. The fourth-order valence-electron chi connectivity index (χ4n) is 2.39. The van der Waals surface area contributed by atoms with Gasteiger partial charge in [0.1, 0.15) is 5.82 Å². The van der Waals surface area contributed by atoms with Crippen molar-refractivity contribution in [3.63, 3.8) is 0 Å². The number of para-hydroxylation sites is 1. The van der Waals surface area contributed by atoms with E-state index in [1.807, 2.05) is 6.07 Å². The lowest BCUT2D eigenvalue weighted by atomic mass is 9.94. The predicted molar refractivity (Wildman–Crippen MR) is 82.0 cm³/mol. The molecule has 1 aromatic heterocycles. The maximum atomic E-state index is 13.0. The number of nitrogens with zero attached hydrogens (tertiary/aromatic N) is 2. The van der Waals surface area contributed by atoms with Crippen LogP contribution in [0.5, 0.6) is 5.75 Å². The second-order valence-corrected chi connectivity index (χ2v) is 5.26. The second kappa shape index (κ2) is 6.08. The summed E-state index contributed by atoms with van der Waals surface area (Å²) in [6.45, 7) is 1.56. The number of aromatic nitrogens is 1. The first kappa shape index (κ1) is 15.6. The van der Waals surface area contributed by atoms with Crippen molar-refractivity contribution in [2.75, 3.05) is 5.32 Å². The number of Topliss-reactive ketones (excluding diaryl/α,β-unsaturated/α-hetero) is 1. The highest BCUT2D eigenvalue weighted by molar-refractivity contribution is 6.08. The number of halogens is 1. The monoisotopic (exact) mass is 325 g/mol. The van der Waals surface area contributed by atoms with Gasteiger partial charge in [0.2, 0.25) is 0 Å². The van der Waals surface area contributed by atoms with E-state index >= 15 is 0 Å². The Morgan fingerprint density at radius 1 is 1.42 bits per heavy atom. The van der Waals surface area contributed by atoms with Crippen LogP contribution in [0.4, 0.5) is 10.1 Å².